The fourth-order valence-corrected chi connectivity index (χ4v) is 6.92. The molecule has 6 rings (SSSR count). The van der Waals surface area contributed by atoms with Gasteiger partial charge in [-0.25, -0.2) is 14.0 Å². The van der Waals surface area contributed by atoms with Crippen molar-refractivity contribution in [1.82, 2.24) is 29.3 Å². The molecule has 0 amide bonds. The molecule has 0 bridgehead atoms. The van der Waals surface area contributed by atoms with E-state index in [9.17, 15) is 25.2 Å². The Balaban J connectivity index is 0.00000164. The van der Waals surface area contributed by atoms with E-state index in [2.05, 4.69) is 117 Å². The average molecular weight is 941 g/mol. The molecule has 63 heavy (non-hydrogen) atoms. The summed E-state index contributed by atoms with van der Waals surface area (Å²) in [5.74, 6) is 0. The predicted molar refractivity (Wildman–Crippen MR) is 234 cm³/mol. The van der Waals surface area contributed by atoms with Gasteiger partial charge in [-0.1, -0.05) is 53.1 Å². The number of hydrogen-bond acceptors (Lipinski definition) is 7. The molecule has 18 heteroatoms. The van der Waals surface area contributed by atoms with Crippen molar-refractivity contribution in [2.24, 2.45) is 0 Å². The van der Waals surface area contributed by atoms with Crippen molar-refractivity contribution in [2.75, 3.05) is 0 Å². The zero-order chi connectivity index (χ0) is 47.8. The minimum atomic E-state index is -10.7. The molecule has 0 saturated carbocycles. The summed E-state index contributed by atoms with van der Waals surface area (Å²) >= 11 is 0. The smallest absolute Gasteiger partial charge is 1.00 e. The van der Waals surface area contributed by atoms with E-state index in [1.54, 1.807) is 24.3 Å². The van der Waals surface area contributed by atoms with Crippen LogP contribution in [0.4, 0.5) is 25.2 Å². The van der Waals surface area contributed by atoms with Gasteiger partial charge in [0, 0.05) is 63.0 Å². The van der Waals surface area contributed by atoms with Crippen LogP contribution in [0.3, 0.4) is 0 Å². The SMILES string of the molecule is CC#N.CC#N.CC#N.CC#N.Cc1cc(C)c(-c2ccn(C(n3ccc(-c4c(C)cc(C)cc4C)n3)n3ccc(-c4c(C)cc(C)cc4C)n3)n2)c(C)c1.F[P-](F)(F)(F)(F)F.[Cu+]. The second-order valence-electron chi connectivity index (χ2n) is 14.1. The minimum absolute atomic E-state index is 0. The Morgan fingerprint density at radius 1 is 0.429 bits per heavy atom. The Bertz CT molecular complexity index is 2280. The van der Waals surface area contributed by atoms with Crippen molar-refractivity contribution in [2.45, 2.75) is 96.3 Å². The van der Waals surface area contributed by atoms with E-state index in [4.69, 9.17) is 36.3 Å². The maximum absolute atomic E-state index is 10.7. The second-order valence-corrected chi connectivity index (χ2v) is 16.0. The molecule has 3 aromatic heterocycles. The summed E-state index contributed by atoms with van der Waals surface area (Å²) in [4.78, 5) is 0. The van der Waals surface area contributed by atoms with Gasteiger partial charge in [-0.15, -0.1) is 0 Å². The van der Waals surface area contributed by atoms with Crippen LogP contribution < -0.4 is 0 Å². The molecule has 0 atom stereocenters. The van der Waals surface area contributed by atoms with E-state index in [-0.39, 0.29) is 17.1 Å². The molecule has 3 aromatic carbocycles. The molecule has 0 aliphatic heterocycles. The summed E-state index contributed by atoms with van der Waals surface area (Å²) in [5, 5.41) is 44.7. The van der Waals surface area contributed by atoms with E-state index in [1.165, 1.54) is 94.5 Å². The monoisotopic (exact) mass is 940 g/mol. The third-order valence-electron chi connectivity index (χ3n) is 8.33. The molecule has 3 heterocycles. The summed E-state index contributed by atoms with van der Waals surface area (Å²) in [5.41, 5.74) is 17.4. The maximum atomic E-state index is 9.87. The number of hydrogen-bond donors (Lipinski definition) is 0. The third kappa shape index (κ3) is 18.7. The van der Waals surface area contributed by atoms with Crippen molar-refractivity contribution in [3.05, 3.63) is 123 Å². The zero-order valence-corrected chi connectivity index (χ0v) is 39.3. The number of aryl methyl sites for hydroxylation is 9. The summed E-state index contributed by atoms with van der Waals surface area (Å²) in [6.07, 6.45) is 5.67. The van der Waals surface area contributed by atoms with Gasteiger partial charge in [0.25, 0.3) is 0 Å². The Kier molecular flexibility index (Phi) is 21.0. The third-order valence-corrected chi connectivity index (χ3v) is 8.33. The van der Waals surface area contributed by atoms with Gasteiger partial charge < -0.3 is 0 Å². The molecule has 0 radical (unpaired) electrons. The fraction of sp³-hybridized carbons (Fsp3) is 0.311. The molecule has 10 nitrogen and oxygen atoms in total. The Labute approximate surface area is 376 Å². The van der Waals surface area contributed by atoms with Crippen LogP contribution in [0.15, 0.2) is 73.2 Å². The van der Waals surface area contributed by atoms with Crippen LogP contribution in [0.1, 0.15) is 84.1 Å². The van der Waals surface area contributed by atoms with Gasteiger partial charge in [0.15, 0.2) is 0 Å². The molecule has 0 aliphatic rings. The molecule has 0 fully saturated rings. The summed E-state index contributed by atoms with van der Waals surface area (Å²) in [6, 6.07) is 26.6. The maximum Gasteiger partial charge on any atom is 1.00 e. The number of halogens is 6. The van der Waals surface area contributed by atoms with Gasteiger partial charge in [-0.05, 0) is 114 Å². The molecule has 0 N–H and O–H groups in total. The van der Waals surface area contributed by atoms with Crippen molar-refractivity contribution in [3.63, 3.8) is 0 Å². The van der Waals surface area contributed by atoms with Crippen LogP contribution in [0.5, 0.6) is 0 Å². The van der Waals surface area contributed by atoms with E-state index in [0.29, 0.717) is 0 Å². The summed E-state index contributed by atoms with van der Waals surface area (Å²) in [6.45, 7) is 25.1. The van der Waals surface area contributed by atoms with E-state index < -0.39 is 14.1 Å². The van der Waals surface area contributed by atoms with Gasteiger partial charge >= 0.3 is 50.1 Å². The number of nitriles is 4. The van der Waals surface area contributed by atoms with Gasteiger partial charge in [0.1, 0.15) is 0 Å². The topological polar surface area (TPSA) is 149 Å². The van der Waals surface area contributed by atoms with Crippen LogP contribution in [0.25, 0.3) is 33.8 Å². The molecule has 0 spiro atoms. The summed E-state index contributed by atoms with van der Waals surface area (Å²) in [7, 11) is -10.7. The van der Waals surface area contributed by atoms with Crippen LogP contribution in [0.2, 0.25) is 0 Å². The van der Waals surface area contributed by atoms with Crippen molar-refractivity contribution in [1.29, 1.82) is 21.0 Å². The fourth-order valence-electron chi connectivity index (χ4n) is 6.92. The predicted octanol–water partition coefficient (Wildman–Crippen LogP) is 14.1. The average Bonchev–Trinajstić information content (AvgIpc) is 3.87. The van der Waals surface area contributed by atoms with Crippen molar-refractivity contribution >= 4 is 7.81 Å². The van der Waals surface area contributed by atoms with Crippen LogP contribution in [0, 0.1) is 108 Å². The van der Waals surface area contributed by atoms with Crippen LogP contribution in [-0.2, 0) is 17.1 Å². The first-order valence-electron chi connectivity index (χ1n) is 18.8. The van der Waals surface area contributed by atoms with Gasteiger partial charge in [0.2, 0.25) is 6.29 Å². The number of nitrogens with zero attached hydrogens (tertiary/aromatic N) is 10. The van der Waals surface area contributed by atoms with Crippen LogP contribution >= 0.6 is 7.81 Å². The van der Waals surface area contributed by atoms with E-state index >= 15 is 0 Å². The van der Waals surface area contributed by atoms with Gasteiger partial charge in [-0.2, -0.15) is 36.3 Å². The normalized spacial score (nSPS) is 11.0. The van der Waals surface area contributed by atoms with Crippen molar-refractivity contribution in [3.8, 4) is 58.0 Å². The first kappa shape index (κ1) is 56.8. The zero-order valence-electron chi connectivity index (χ0n) is 37.5. The number of aromatic nitrogens is 6. The molecular weight excluding hydrogens is 889 g/mol. The first-order valence-corrected chi connectivity index (χ1v) is 20.8. The molecular formula is C45H52CuF6N10P. The number of rotatable bonds is 6. The molecule has 0 aliphatic carbocycles. The molecule has 6 aromatic rings. The summed E-state index contributed by atoms with van der Waals surface area (Å²) < 4.78 is 65.1. The van der Waals surface area contributed by atoms with Crippen molar-refractivity contribution < 1.29 is 42.3 Å². The standard InChI is InChI=1S/C37H40N6.4C2H3N.Cu.F6P/c1-22-16-25(4)34(26(5)17-22)31-10-13-41(38-31)37(42-14-11-32(39-42)35-27(6)18-23(2)19-28(35)7)43-15-12-33(40-43)36-29(8)20-24(3)21-30(36)9;4*1-2-3;;1-7(2,3,4,5)6/h10-21,37H,1-9H3;4*1H3;;/q;;;;;+1;-1. The minimum Gasteiger partial charge on any atom is 1.00 e. The van der Waals surface area contributed by atoms with Crippen LogP contribution in [-0.4, -0.2) is 29.3 Å². The van der Waals surface area contributed by atoms with E-state index in [0.717, 1.165) is 17.1 Å². The molecule has 340 valence electrons. The second kappa shape index (κ2) is 23.3. The first-order chi connectivity index (χ1) is 28.6. The van der Waals surface area contributed by atoms with Gasteiger partial charge in [-0.3, -0.25) is 0 Å². The Morgan fingerprint density at radius 3 is 0.746 bits per heavy atom. The molecule has 0 saturated heterocycles. The Morgan fingerprint density at radius 2 is 0.587 bits per heavy atom. The largest absolute Gasteiger partial charge is 1.00 e. The Hall–Kier alpha value is -6.22. The van der Waals surface area contributed by atoms with Gasteiger partial charge in [0.05, 0.1) is 41.4 Å². The number of benzene rings is 3. The van der Waals surface area contributed by atoms with E-state index in [1.807, 2.05) is 32.6 Å². The molecule has 0 unspecified atom stereocenters. The quantitative estimate of drug-likeness (QED) is 0.0917.